The molecule has 1 atom stereocenters. The van der Waals surface area contributed by atoms with Crippen molar-refractivity contribution in [3.8, 4) is 11.1 Å². The van der Waals surface area contributed by atoms with Gasteiger partial charge in [0.05, 0.1) is 27.8 Å². The standard InChI is InChI=1S/C20H15N5O2S.ClH/c1-11(25-19-18-15(6-7-28-18)21-10-22-19)17-16(12-8-23-24-9-12)13-4-2-3-5-14(13)20(26)27-17;/h2-11H,1H3,(H,23,24)(H,21,22,25);1H. The van der Waals surface area contributed by atoms with Gasteiger partial charge in [-0.2, -0.15) is 5.10 Å². The lowest BCUT2D eigenvalue weighted by atomic mass is 9.98. The highest BCUT2D eigenvalue weighted by atomic mass is 35.5. The molecule has 29 heavy (non-hydrogen) atoms. The lowest BCUT2D eigenvalue weighted by Crippen LogP contribution is -2.13. The molecular formula is C20H16ClN5O2S. The van der Waals surface area contributed by atoms with Gasteiger partial charge in [0.2, 0.25) is 0 Å². The molecule has 0 radical (unpaired) electrons. The number of thiophene rings is 1. The number of hydrogen-bond acceptors (Lipinski definition) is 7. The Hall–Kier alpha value is -3.23. The molecule has 0 amide bonds. The normalized spacial score (nSPS) is 12.0. The Bertz CT molecular complexity index is 1350. The predicted molar refractivity (Wildman–Crippen MR) is 117 cm³/mol. The number of aromatic nitrogens is 4. The number of aromatic amines is 1. The highest BCUT2D eigenvalue weighted by Gasteiger charge is 2.22. The topological polar surface area (TPSA) is 96.7 Å². The zero-order valence-electron chi connectivity index (χ0n) is 15.2. The molecule has 0 saturated heterocycles. The van der Waals surface area contributed by atoms with Gasteiger partial charge in [-0.25, -0.2) is 14.8 Å². The molecule has 0 aliphatic rings. The second-order valence-electron chi connectivity index (χ2n) is 6.38. The minimum atomic E-state index is -0.365. The van der Waals surface area contributed by atoms with Gasteiger partial charge in [-0.3, -0.25) is 5.10 Å². The third-order valence-electron chi connectivity index (χ3n) is 4.64. The zero-order valence-corrected chi connectivity index (χ0v) is 16.9. The summed E-state index contributed by atoms with van der Waals surface area (Å²) in [5.41, 5.74) is 2.20. The summed E-state index contributed by atoms with van der Waals surface area (Å²) in [7, 11) is 0. The molecule has 0 aliphatic carbocycles. The summed E-state index contributed by atoms with van der Waals surface area (Å²) in [5, 5.41) is 13.6. The zero-order chi connectivity index (χ0) is 19.1. The molecule has 4 aromatic heterocycles. The number of hydrogen-bond donors (Lipinski definition) is 2. The number of halogens is 1. The molecule has 0 bridgehead atoms. The largest absolute Gasteiger partial charge is 0.425 e. The van der Waals surface area contributed by atoms with Crippen molar-refractivity contribution in [2.24, 2.45) is 0 Å². The van der Waals surface area contributed by atoms with Crippen LogP contribution in [0.1, 0.15) is 18.7 Å². The third-order valence-corrected chi connectivity index (χ3v) is 5.55. The number of H-pyrrole nitrogens is 1. The number of anilines is 1. The molecule has 5 aromatic rings. The van der Waals surface area contributed by atoms with Crippen LogP contribution in [0.5, 0.6) is 0 Å². The summed E-state index contributed by atoms with van der Waals surface area (Å²) >= 11 is 1.56. The summed E-state index contributed by atoms with van der Waals surface area (Å²) in [6.45, 7) is 1.94. The van der Waals surface area contributed by atoms with Gasteiger partial charge in [0.1, 0.15) is 17.9 Å². The Balaban J connectivity index is 0.00000205. The van der Waals surface area contributed by atoms with E-state index in [1.807, 2.05) is 36.6 Å². The molecule has 0 aliphatic heterocycles. The number of nitrogens with one attached hydrogen (secondary N) is 2. The minimum absolute atomic E-state index is 0. The minimum Gasteiger partial charge on any atom is -0.425 e. The first kappa shape index (κ1) is 19.1. The molecule has 9 heteroatoms. The first-order valence-corrected chi connectivity index (χ1v) is 9.60. The highest BCUT2D eigenvalue weighted by Crippen LogP contribution is 2.35. The maximum atomic E-state index is 12.6. The van der Waals surface area contributed by atoms with Crippen molar-refractivity contribution in [1.82, 2.24) is 20.2 Å². The maximum Gasteiger partial charge on any atom is 0.343 e. The van der Waals surface area contributed by atoms with Crippen LogP contribution in [0.3, 0.4) is 0 Å². The van der Waals surface area contributed by atoms with E-state index in [4.69, 9.17) is 4.42 Å². The van der Waals surface area contributed by atoms with Crippen LogP contribution in [0.2, 0.25) is 0 Å². The number of benzene rings is 1. The average Bonchev–Trinajstić information content (AvgIpc) is 3.40. The summed E-state index contributed by atoms with van der Waals surface area (Å²) in [6, 6.07) is 9.08. The second-order valence-corrected chi connectivity index (χ2v) is 7.30. The Morgan fingerprint density at radius 3 is 2.79 bits per heavy atom. The lowest BCUT2D eigenvalue weighted by Gasteiger charge is -2.18. The Kier molecular flexibility index (Phi) is 5.04. The van der Waals surface area contributed by atoms with Gasteiger partial charge >= 0.3 is 5.63 Å². The van der Waals surface area contributed by atoms with Crippen LogP contribution < -0.4 is 10.9 Å². The highest BCUT2D eigenvalue weighted by molar-refractivity contribution is 7.17. The fraction of sp³-hybridized carbons (Fsp3) is 0.100. The van der Waals surface area contributed by atoms with E-state index in [1.165, 1.54) is 6.33 Å². The first-order valence-electron chi connectivity index (χ1n) is 8.72. The molecule has 0 spiro atoms. The fourth-order valence-electron chi connectivity index (χ4n) is 3.37. The van der Waals surface area contributed by atoms with Crippen LogP contribution in [0.15, 0.2) is 63.6 Å². The van der Waals surface area contributed by atoms with Crippen LogP contribution >= 0.6 is 23.7 Å². The molecular weight excluding hydrogens is 410 g/mol. The summed E-state index contributed by atoms with van der Waals surface area (Å²) < 4.78 is 6.73. The lowest BCUT2D eigenvalue weighted by molar-refractivity contribution is 0.453. The Labute approximate surface area is 175 Å². The van der Waals surface area contributed by atoms with Gasteiger partial charge < -0.3 is 9.73 Å². The number of rotatable bonds is 4. The van der Waals surface area contributed by atoms with E-state index in [1.54, 1.807) is 29.8 Å². The summed E-state index contributed by atoms with van der Waals surface area (Å²) in [4.78, 5) is 21.2. The molecule has 5 rings (SSSR count). The van der Waals surface area contributed by atoms with Crippen LogP contribution in [0, 0.1) is 0 Å². The van der Waals surface area contributed by atoms with E-state index < -0.39 is 0 Å². The molecule has 0 fully saturated rings. The average molecular weight is 426 g/mol. The van der Waals surface area contributed by atoms with E-state index in [0.29, 0.717) is 17.0 Å². The van der Waals surface area contributed by atoms with Gasteiger partial charge in [-0.1, -0.05) is 18.2 Å². The van der Waals surface area contributed by atoms with Crippen molar-refractivity contribution in [1.29, 1.82) is 0 Å². The smallest absolute Gasteiger partial charge is 0.343 e. The Morgan fingerprint density at radius 1 is 1.17 bits per heavy atom. The van der Waals surface area contributed by atoms with E-state index in [0.717, 1.165) is 26.7 Å². The van der Waals surface area contributed by atoms with Crippen LogP contribution in [-0.2, 0) is 0 Å². The Morgan fingerprint density at radius 2 is 2.00 bits per heavy atom. The van der Waals surface area contributed by atoms with Crippen molar-refractivity contribution < 1.29 is 4.42 Å². The van der Waals surface area contributed by atoms with Gasteiger partial charge in [0.25, 0.3) is 0 Å². The molecule has 0 saturated carbocycles. The summed E-state index contributed by atoms with van der Waals surface area (Å²) in [6.07, 6.45) is 5.04. The molecule has 1 unspecified atom stereocenters. The van der Waals surface area contributed by atoms with Crippen molar-refractivity contribution in [3.63, 3.8) is 0 Å². The fourth-order valence-corrected chi connectivity index (χ4v) is 4.17. The van der Waals surface area contributed by atoms with Crippen molar-refractivity contribution in [2.45, 2.75) is 13.0 Å². The SMILES string of the molecule is CC(Nc1ncnc2ccsc12)c1oc(=O)c2ccccc2c1-c1cn[nH]c1.Cl. The van der Waals surface area contributed by atoms with Gasteiger partial charge in [0.15, 0.2) is 0 Å². The van der Waals surface area contributed by atoms with Gasteiger partial charge in [-0.15, -0.1) is 23.7 Å². The van der Waals surface area contributed by atoms with Crippen molar-refractivity contribution >= 4 is 50.6 Å². The second kappa shape index (κ2) is 7.65. The van der Waals surface area contributed by atoms with E-state index in [-0.39, 0.29) is 24.1 Å². The van der Waals surface area contributed by atoms with Gasteiger partial charge in [-0.05, 0) is 24.4 Å². The number of nitrogens with zero attached hydrogens (tertiary/aromatic N) is 3. The molecule has 1 aromatic carbocycles. The van der Waals surface area contributed by atoms with Crippen molar-refractivity contribution in [3.05, 3.63) is 70.6 Å². The number of fused-ring (bicyclic) bond motifs is 2. The van der Waals surface area contributed by atoms with Crippen LogP contribution in [0.25, 0.3) is 32.1 Å². The third kappa shape index (κ3) is 3.26. The van der Waals surface area contributed by atoms with E-state index in [2.05, 4.69) is 25.5 Å². The van der Waals surface area contributed by atoms with E-state index >= 15 is 0 Å². The van der Waals surface area contributed by atoms with Crippen LogP contribution in [0.4, 0.5) is 5.82 Å². The predicted octanol–water partition coefficient (Wildman–Crippen LogP) is 4.78. The van der Waals surface area contributed by atoms with E-state index in [9.17, 15) is 4.79 Å². The first-order chi connectivity index (χ1) is 13.7. The monoisotopic (exact) mass is 425 g/mol. The maximum absolute atomic E-state index is 12.6. The summed E-state index contributed by atoms with van der Waals surface area (Å²) in [5.74, 6) is 1.25. The molecule has 2 N–H and O–H groups in total. The molecule has 4 heterocycles. The van der Waals surface area contributed by atoms with Crippen LogP contribution in [-0.4, -0.2) is 20.2 Å². The quantitative estimate of drug-likeness (QED) is 0.430. The molecule has 146 valence electrons. The van der Waals surface area contributed by atoms with Gasteiger partial charge in [0, 0.05) is 22.7 Å². The van der Waals surface area contributed by atoms with Crippen molar-refractivity contribution in [2.75, 3.05) is 5.32 Å². The molecule has 7 nitrogen and oxygen atoms in total.